The van der Waals surface area contributed by atoms with Gasteiger partial charge in [-0.2, -0.15) is 0 Å². The summed E-state index contributed by atoms with van der Waals surface area (Å²) in [6.07, 6.45) is 11.3. The third kappa shape index (κ3) is 15.0. The molecule has 3 N–H and O–H groups in total. The Balaban J connectivity index is 2.24. The number of carbonyl (C=O) groups excluding carboxylic acids is 3. The second-order valence-electron chi connectivity index (χ2n) is 10.1. The molecule has 5 atom stereocenters. The number of unbranched alkanes of at least 4 members (excludes halogenated alkanes) is 5. The van der Waals surface area contributed by atoms with Gasteiger partial charge in [-0.25, -0.2) is 0 Å². The van der Waals surface area contributed by atoms with Gasteiger partial charge in [0.2, 0.25) is 5.91 Å². The fourth-order valence-corrected chi connectivity index (χ4v) is 4.73. The van der Waals surface area contributed by atoms with Crippen molar-refractivity contribution in [3.63, 3.8) is 0 Å². The molecule has 1 saturated carbocycles. The first-order valence-electron chi connectivity index (χ1n) is 13.9. The van der Waals surface area contributed by atoms with Crippen molar-refractivity contribution in [1.29, 1.82) is 0 Å². The first-order valence-corrected chi connectivity index (χ1v) is 13.9. The van der Waals surface area contributed by atoms with E-state index < -0.39 is 29.4 Å². The normalized spacial score (nSPS) is 21.8. The number of aliphatic hydroxyl groups excluding tert-OH is 2. The molecule has 0 aromatic rings. The van der Waals surface area contributed by atoms with Gasteiger partial charge in [0.15, 0.2) is 0 Å². The lowest BCUT2D eigenvalue weighted by atomic mass is 9.86. The highest BCUT2D eigenvalue weighted by molar-refractivity contribution is 5.81. The molecule has 0 heterocycles. The zero-order valence-corrected chi connectivity index (χ0v) is 22.8. The number of carbonyl (C=O) groups is 3. The number of Topliss-reactive ketones (excluding diaryl/α,β-unsaturated/α-hetero) is 1. The minimum Gasteiger partial charge on any atom is -0.462 e. The first kappa shape index (κ1) is 33.5. The van der Waals surface area contributed by atoms with Crippen molar-refractivity contribution in [2.24, 2.45) is 11.8 Å². The van der Waals surface area contributed by atoms with Crippen LogP contribution in [-0.2, 0) is 24.0 Å². The molecule has 0 radical (unpaired) electrons. The number of hydrogen-bond acceptors (Lipinski definition) is 9. The number of ether oxygens (including phenoxy) is 1. The summed E-state index contributed by atoms with van der Waals surface area (Å²) in [5.41, 5.74) is 0. The maximum atomic E-state index is 12.2. The molecule has 0 saturated heterocycles. The van der Waals surface area contributed by atoms with Crippen LogP contribution in [-0.4, -0.2) is 64.4 Å². The predicted molar refractivity (Wildman–Crippen MR) is 140 cm³/mol. The molecule has 218 valence electrons. The van der Waals surface area contributed by atoms with Crippen LogP contribution in [0.15, 0.2) is 12.2 Å². The number of hydrogen-bond donors (Lipinski definition) is 3. The van der Waals surface area contributed by atoms with Gasteiger partial charge in [0.05, 0.1) is 12.2 Å². The van der Waals surface area contributed by atoms with Crippen LogP contribution in [0, 0.1) is 22.0 Å². The van der Waals surface area contributed by atoms with E-state index in [-0.39, 0.29) is 43.1 Å². The highest BCUT2D eigenvalue weighted by atomic mass is 17.0. The summed E-state index contributed by atoms with van der Waals surface area (Å²) >= 11 is 0. The van der Waals surface area contributed by atoms with E-state index in [1.165, 1.54) is 19.8 Å². The van der Waals surface area contributed by atoms with E-state index in [1.807, 2.05) is 12.2 Å². The van der Waals surface area contributed by atoms with Crippen molar-refractivity contribution in [2.45, 2.75) is 116 Å². The smallest absolute Gasteiger partial charge is 0.325 e. The number of rotatable bonds is 21. The van der Waals surface area contributed by atoms with Gasteiger partial charge in [-0.3, -0.25) is 14.4 Å². The molecule has 11 nitrogen and oxygen atoms in total. The largest absolute Gasteiger partial charge is 0.462 e. The Hall–Kier alpha value is -2.53. The molecule has 1 aliphatic carbocycles. The van der Waals surface area contributed by atoms with Crippen LogP contribution in [0.4, 0.5) is 0 Å². The van der Waals surface area contributed by atoms with Crippen molar-refractivity contribution in [3.05, 3.63) is 22.3 Å². The third-order valence-electron chi connectivity index (χ3n) is 6.86. The number of nitrogens with one attached hydrogen (secondary N) is 1. The molecule has 0 aliphatic heterocycles. The Kier molecular flexibility index (Phi) is 17.2. The number of nitrogens with zero attached hydrogens (tertiary/aromatic N) is 1. The minimum atomic E-state index is -0.966. The second-order valence-corrected chi connectivity index (χ2v) is 10.1. The zero-order chi connectivity index (χ0) is 28.3. The quantitative estimate of drug-likeness (QED) is 0.0647. The third-order valence-corrected chi connectivity index (χ3v) is 6.86. The van der Waals surface area contributed by atoms with E-state index >= 15 is 0 Å². The summed E-state index contributed by atoms with van der Waals surface area (Å²) in [5, 5.41) is 32.5. The van der Waals surface area contributed by atoms with Gasteiger partial charge in [-0.15, -0.1) is 10.1 Å². The molecular weight excluding hydrogens is 496 g/mol. The average molecular weight is 543 g/mol. The van der Waals surface area contributed by atoms with Gasteiger partial charge in [0.1, 0.15) is 25.0 Å². The predicted octanol–water partition coefficient (Wildman–Crippen LogP) is 3.43. The summed E-state index contributed by atoms with van der Waals surface area (Å²) in [6.45, 7) is 2.93. The summed E-state index contributed by atoms with van der Waals surface area (Å²) in [5.74, 6) is -0.981. The fraction of sp³-hybridized carbons (Fsp3) is 0.815. The van der Waals surface area contributed by atoms with E-state index in [4.69, 9.17) is 4.74 Å². The molecule has 1 aliphatic rings. The Morgan fingerprint density at radius 2 is 1.74 bits per heavy atom. The van der Waals surface area contributed by atoms with Gasteiger partial charge in [0, 0.05) is 19.3 Å². The van der Waals surface area contributed by atoms with Crippen LogP contribution in [0.3, 0.4) is 0 Å². The van der Waals surface area contributed by atoms with Crippen molar-refractivity contribution >= 4 is 17.7 Å². The van der Waals surface area contributed by atoms with Crippen molar-refractivity contribution in [1.82, 2.24) is 5.32 Å². The van der Waals surface area contributed by atoms with Crippen LogP contribution < -0.4 is 5.32 Å². The molecule has 11 heteroatoms. The molecule has 0 bridgehead atoms. The second kappa shape index (κ2) is 19.5. The zero-order valence-electron chi connectivity index (χ0n) is 22.8. The van der Waals surface area contributed by atoms with E-state index in [1.54, 1.807) is 0 Å². The molecule has 38 heavy (non-hydrogen) atoms. The topological polar surface area (TPSA) is 165 Å². The van der Waals surface area contributed by atoms with Crippen LogP contribution in [0.5, 0.6) is 0 Å². The fourth-order valence-electron chi connectivity index (χ4n) is 4.73. The lowest BCUT2D eigenvalue weighted by Crippen LogP contribution is -2.32. The Morgan fingerprint density at radius 1 is 1.03 bits per heavy atom. The van der Waals surface area contributed by atoms with Gasteiger partial charge in [-0.1, -0.05) is 44.8 Å². The molecular formula is C27H46N2O9. The minimum absolute atomic E-state index is 0.0913. The first-order chi connectivity index (χ1) is 18.1. The Bertz CT molecular complexity index is 759. The summed E-state index contributed by atoms with van der Waals surface area (Å²) in [6, 6.07) is 0. The Labute approximate surface area is 225 Å². The monoisotopic (exact) mass is 542 g/mol. The molecule has 1 rings (SSSR count). The maximum absolute atomic E-state index is 12.2. The molecule has 1 amide bonds. The standard InChI is InChI=1S/C27H46N2O9/c1-3-4-5-6-9-12-21(30)15-16-23-22(24(31)17-25(23)32)13-10-7-8-11-14-26(33)28-18-27(34)37-19-20(2)38-29(35)36/h7,10,20,22-25,31-32H,3-6,8-9,11-19H2,1-2H3,(H,28,33)/t20?,22-,23-,24+,25-/m1/s1. The molecule has 0 spiro atoms. The summed E-state index contributed by atoms with van der Waals surface area (Å²) in [7, 11) is 0. The maximum Gasteiger partial charge on any atom is 0.325 e. The highest BCUT2D eigenvalue weighted by Crippen LogP contribution is 2.38. The van der Waals surface area contributed by atoms with E-state index in [0.717, 1.165) is 19.3 Å². The van der Waals surface area contributed by atoms with Crippen molar-refractivity contribution < 1.29 is 39.3 Å². The van der Waals surface area contributed by atoms with Gasteiger partial charge in [0.25, 0.3) is 5.09 Å². The molecule has 0 aromatic heterocycles. The summed E-state index contributed by atoms with van der Waals surface area (Å²) < 4.78 is 4.80. The molecule has 1 fully saturated rings. The number of allylic oxidation sites excluding steroid dienone is 2. The number of ketones is 1. The van der Waals surface area contributed by atoms with Crippen molar-refractivity contribution in [3.8, 4) is 0 Å². The van der Waals surface area contributed by atoms with Crippen LogP contribution in [0.2, 0.25) is 0 Å². The van der Waals surface area contributed by atoms with Crippen LogP contribution in [0.1, 0.15) is 97.3 Å². The number of amides is 1. The van der Waals surface area contributed by atoms with E-state index in [0.29, 0.717) is 44.9 Å². The van der Waals surface area contributed by atoms with Gasteiger partial charge in [-0.05, 0) is 57.3 Å². The SMILES string of the molecule is CCCCCCCC(=O)CC[C@@H]1[C@@H](CC=CCCCC(=O)NCC(=O)OCC(C)O[N+](=O)[O-])[C@@H](O)C[C@H]1O. The van der Waals surface area contributed by atoms with Crippen molar-refractivity contribution in [2.75, 3.05) is 13.2 Å². The molecule has 0 aromatic carbocycles. The average Bonchev–Trinajstić information content (AvgIpc) is 3.13. The van der Waals surface area contributed by atoms with Gasteiger partial charge < -0.3 is 25.1 Å². The van der Waals surface area contributed by atoms with E-state index in [9.17, 15) is 34.7 Å². The van der Waals surface area contributed by atoms with Crippen LogP contribution >= 0.6 is 0 Å². The lowest BCUT2D eigenvalue weighted by Gasteiger charge is -2.22. The molecule has 1 unspecified atom stereocenters. The van der Waals surface area contributed by atoms with Gasteiger partial charge >= 0.3 is 5.97 Å². The highest BCUT2D eigenvalue weighted by Gasteiger charge is 2.40. The van der Waals surface area contributed by atoms with E-state index in [2.05, 4.69) is 17.1 Å². The lowest BCUT2D eigenvalue weighted by molar-refractivity contribution is -0.767. The van der Waals surface area contributed by atoms with Crippen LogP contribution in [0.25, 0.3) is 0 Å². The number of esters is 1. The summed E-state index contributed by atoms with van der Waals surface area (Å²) in [4.78, 5) is 50.1. The Morgan fingerprint density at radius 3 is 2.45 bits per heavy atom. The number of aliphatic hydroxyl groups is 2.